The highest BCUT2D eigenvalue weighted by Crippen LogP contribution is 2.39. The molecule has 0 saturated heterocycles. The molecule has 0 spiro atoms. The molecule has 4 aromatic rings. The predicted octanol–water partition coefficient (Wildman–Crippen LogP) is 5.76. The van der Waals surface area contributed by atoms with E-state index in [1.807, 2.05) is 80.8 Å². The number of rotatable bonds is 9. The van der Waals surface area contributed by atoms with Crippen molar-refractivity contribution in [3.8, 4) is 28.5 Å². The fourth-order valence-corrected chi connectivity index (χ4v) is 3.76. The van der Waals surface area contributed by atoms with Crippen LogP contribution in [-0.4, -0.2) is 35.1 Å². The van der Waals surface area contributed by atoms with Gasteiger partial charge in [-0.05, 0) is 57.5 Å². The zero-order chi connectivity index (χ0) is 24.1. The molecule has 0 radical (unpaired) electrons. The third kappa shape index (κ3) is 4.69. The number of fused-ring (bicyclic) bond motifs is 1. The Hall–Kier alpha value is -4.00. The number of carbonyl (C=O) groups is 1. The summed E-state index contributed by atoms with van der Waals surface area (Å²) in [5, 5.41) is 3.07. The van der Waals surface area contributed by atoms with E-state index in [2.05, 4.69) is 5.32 Å². The summed E-state index contributed by atoms with van der Waals surface area (Å²) in [7, 11) is 0. The van der Waals surface area contributed by atoms with Gasteiger partial charge >= 0.3 is 0 Å². The van der Waals surface area contributed by atoms with Crippen molar-refractivity contribution in [1.29, 1.82) is 0 Å². The Kier molecular flexibility index (Phi) is 7.01. The van der Waals surface area contributed by atoms with Crippen molar-refractivity contribution in [2.75, 3.05) is 25.1 Å². The normalized spacial score (nSPS) is 10.8. The molecule has 1 amide bonds. The molecule has 0 aliphatic carbocycles. The molecule has 7 nitrogen and oxygen atoms in total. The molecule has 0 bridgehead atoms. The maximum absolute atomic E-state index is 13.5. The van der Waals surface area contributed by atoms with E-state index in [1.54, 1.807) is 12.1 Å². The Morgan fingerprint density at radius 3 is 2.18 bits per heavy atom. The van der Waals surface area contributed by atoms with Crippen LogP contribution in [0.5, 0.6) is 17.2 Å². The molecule has 0 fully saturated rings. The summed E-state index contributed by atoms with van der Waals surface area (Å²) in [5.74, 6) is 1.73. The Morgan fingerprint density at radius 1 is 0.912 bits per heavy atom. The Balaban J connectivity index is 1.79. The van der Waals surface area contributed by atoms with Crippen LogP contribution in [0.25, 0.3) is 16.9 Å². The van der Waals surface area contributed by atoms with E-state index in [9.17, 15) is 4.79 Å². The number of anilines is 1. The van der Waals surface area contributed by atoms with Gasteiger partial charge in [-0.3, -0.25) is 9.20 Å². The first-order chi connectivity index (χ1) is 16.5. The summed E-state index contributed by atoms with van der Waals surface area (Å²) in [6, 6.07) is 17.1. The van der Waals surface area contributed by atoms with Crippen LogP contribution < -0.4 is 19.5 Å². The molecule has 4 rings (SSSR count). The largest absolute Gasteiger partial charge is 0.490 e. The van der Waals surface area contributed by atoms with E-state index in [0.29, 0.717) is 54.1 Å². The molecule has 2 aromatic heterocycles. The Labute approximate surface area is 199 Å². The number of hydrogen-bond acceptors (Lipinski definition) is 5. The number of hydrogen-bond donors (Lipinski definition) is 1. The number of carbonyl (C=O) groups excluding carboxylic acids is 1. The average Bonchev–Trinajstić information content (AvgIpc) is 3.19. The predicted molar refractivity (Wildman–Crippen MR) is 133 cm³/mol. The van der Waals surface area contributed by atoms with Gasteiger partial charge in [0.1, 0.15) is 17.2 Å². The summed E-state index contributed by atoms with van der Waals surface area (Å²) in [6.07, 6.45) is 1.91. The number of aryl methyl sites for hydroxylation is 1. The van der Waals surface area contributed by atoms with Crippen molar-refractivity contribution < 1.29 is 19.0 Å². The minimum Gasteiger partial charge on any atom is -0.490 e. The Morgan fingerprint density at radius 2 is 1.56 bits per heavy atom. The molecule has 7 heteroatoms. The van der Waals surface area contributed by atoms with Crippen molar-refractivity contribution in [2.45, 2.75) is 27.7 Å². The van der Waals surface area contributed by atoms with E-state index < -0.39 is 0 Å². The fraction of sp³-hybridized carbons (Fsp3) is 0.259. The highest BCUT2D eigenvalue weighted by atomic mass is 16.5. The van der Waals surface area contributed by atoms with Gasteiger partial charge in [0.15, 0.2) is 11.5 Å². The van der Waals surface area contributed by atoms with Crippen molar-refractivity contribution >= 4 is 17.4 Å². The lowest BCUT2D eigenvalue weighted by atomic mass is 10.1. The van der Waals surface area contributed by atoms with Gasteiger partial charge in [-0.2, -0.15) is 0 Å². The molecular weight excluding hydrogens is 430 g/mol. The molecule has 0 aliphatic heterocycles. The second-order valence-corrected chi connectivity index (χ2v) is 7.66. The third-order valence-electron chi connectivity index (χ3n) is 5.23. The van der Waals surface area contributed by atoms with Crippen molar-refractivity contribution in [1.82, 2.24) is 9.38 Å². The molecule has 0 saturated carbocycles. The fourth-order valence-electron chi connectivity index (χ4n) is 3.76. The lowest BCUT2D eigenvalue weighted by molar-refractivity contribution is 0.102. The SMILES string of the molecule is CCOc1cc(C(=O)Nc2c(-c3ccccc3)nc3cc(C)ccn23)cc(OCC)c1OCC. The second-order valence-electron chi connectivity index (χ2n) is 7.66. The molecule has 0 atom stereocenters. The summed E-state index contributed by atoms with van der Waals surface area (Å²) >= 11 is 0. The van der Waals surface area contributed by atoms with Crippen molar-refractivity contribution in [3.05, 3.63) is 71.9 Å². The van der Waals surface area contributed by atoms with Gasteiger partial charge in [-0.1, -0.05) is 30.3 Å². The molecular formula is C27H29N3O4. The highest BCUT2D eigenvalue weighted by molar-refractivity contribution is 6.06. The zero-order valence-electron chi connectivity index (χ0n) is 19.9. The topological polar surface area (TPSA) is 74.1 Å². The van der Waals surface area contributed by atoms with Gasteiger partial charge in [0, 0.05) is 17.3 Å². The van der Waals surface area contributed by atoms with Crippen LogP contribution in [0.1, 0.15) is 36.7 Å². The number of aromatic nitrogens is 2. The molecule has 2 aromatic carbocycles. The highest BCUT2D eigenvalue weighted by Gasteiger charge is 2.21. The van der Waals surface area contributed by atoms with Gasteiger partial charge in [0.25, 0.3) is 5.91 Å². The Bertz CT molecular complexity index is 1270. The number of imidazole rings is 1. The van der Waals surface area contributed by atoms with Crippen LogP contribution in [0, 0.1) is 6.92 Å². The maximum Gasteiger partial charge on any atom is 0.257 e. The molecule has 176 valence electrons. The van der Waals surface area contributed by atoms with E-state index in [-0.39, 0.29) is 5.91 Å². The van der Waals surface area contributed by atoms with Crippen molar-refractivity contribution in [2.24, 2.45) is 0 Å². The van der Waals surface area contributed by atoms with Crippen LogP contribution in [0.15, 0.2) is 60.8 Å². The van der Waals surface area contributed by atoms with E-state index >= 15 is 0 Å². The molecule has 1 N–H and O–H groups in total. The van der Waals surface area contributed by atoms with Crippen molar-refractivity contribution in [3.63, 3.8) is 0 Å². The number of nitrogens with zero attached hydrogens (tertiary/aromatic N) is 2. The van der Waals surface area contributed by atoms with E-state index in [1.165, 1.54) is 0 Å². The first-order valence-corrected chi connectivity index (χ1v) is 11.5. The standard InChI is InChI=1S/C27H29N3O4/c1-5-32-21-16-20(17-22(33-6-2)25(21)34-7-3)27(31)29-26-24(19-11-9-8-10-12-19)28-23-15-18(4)13-14-30(23)26/h8-17H,5-7H2,1-4H3,(H,29,31). The molecule has 0 aliphatic rings. The van der Waals surface area contributed by atoms with Crippen LogP contribution in [0.4, 0.5) is 5.82 Å². The quantitative estimate of drug-likeness (QED) is 0.345. The second kappa shape index (κ2) is 10.3. The van der Waals surface area contributed by atoms with Crippen LogP contribution in [-0.2, 0) is 0 Å². The zero-order valence-corrected chi connectivity index (χ0v) is 19.9. The third-order valence-corrected chi connectivity index (χ3v) is 5.23. The minimum absolute atomic E-state index is 0.301. The molecule has 2 heterocycles. The van der Waals surface area contributed by atoms with Crippen LogP contribution >= 0.6 is 0 Å². The number of amides is 1. The van der Waals surface area contributed by atoms with E-state index in [0.717, 1.165) is 16.8 Å². The first kappa shape index (κ1) is 23.2. The summed E-state index contributed by atoms with van der Waals surface area (Å²) in [4.78, 5) is 18.3. The molecule has 34 heavy (non-hydrogen) atoms. The van der Waals surface area contributed by atoms with Crippen LogP contribution in [0.3, 0.4) is 0 Å². The lowest BCUT2D eigenvalue weighted by Crippen LogP contribution is -2.15. The monoisotopic (exact) mass is 459 g/mol. The minimum atomic E-state index is -0.301. The summed E-state index contributed by atoms with van der Waals surface area (Å²) in [6.45, 7) is 8.99. The maximum atomic E-state index is 13.5. The number of benzene rings is 2. The number of ether oxygens (including phenoxy) is 3. The van der Waals surface area contributed by atoms with Gasteiger partial charge in [0.05, 0.1) is 19.8 Å². The van der Waals surface area contributed by atoms with Gasteiger partial charge in [-0.15, -0.1) is 0 Å². The smallest absolute Gasteiger partial charge is 0.257 e. The lowest BCUT2D eigenvalue weighted by Gasteiger charge is -2.17. The van der Waals surface area contributed by atoms with E-state index in [4.69, 9.17) is 19.2 Å². The summed E-state index contributed by atoms with van der Waals surface area (Å²) in [5.41, 5.74) is 3.85. The number of nitrogens with one attached hydrogen (secondary N) is 1. The first-order valence-electron chi connectivity index (χ1n) is 11.5. The number of pyridine rings is 1. The van der Waals surface area contributed by atoms with Gasteiger partial charge < -0.3 is 19.5 Å². The average molecular weight is 460 g/mol. The van der Waals surface area contributed by atoms with Crippen LogP contribution in [0.2, 0.25) is 0 Å². The molecule has 0 unspecified atom stereocenters. The van der Waals surface area contributed by atoms with Gasteiger partial charge in [0.2, 0.25) is 5.75 Å². The summed E-state index contributed by atoms with van der Waals surface area (Å²) < 4.78 is 19.2. The van der Waals surface area contributed by atoms with Gasteiger partial charge in [-0.25, -0.2) is 4.98 Å².